The van der Waals surface area contributed by atoms with Gasteiger partial charge in [-0.2, -0.15) is 11.8 Å². The van der Waals surface area contributed by atoms with Crippen LogP contribution >= 0.6 is 11.8 Å². The van der Waals surface area contributed by atoms with Crippen LogP contribution in [-0.2, 0) is 0 Å². The Kier molecular flexibility index (Phi) is 3.28. The number of thioether (sulfide) groups is 1. The summed E-state index contributed by atoms with van der Waals surface area (Å²) in [7, 11) is 0. The van der Waals surface area contributed by atoms with Gasteiger partial charge in [0.05, 0.1) is 0 Å². The lowest BCUT2D eigenvalue weighted by molar-refractivity contribution is 0.0692. The largest absolute Gasteiger partial charge is 0.478 e. The average molecular weight is 242 g/mol. The monoisotopic (exact) mass is 242 g/mol. The van der Waals surface area contributed by atoms with E-state index in [9.17, 15) is 9.18 Å². The molecule has 1 fully saturated rings. The SMILES string of the molecule is O=C(O)c1ccnc(NC2CCSC2)c1F. The molecule has 1 aliphatic heterocycles. The number of carbonyl (C=O) groups is 1. The molecular weight excluding hydrogens is 231 g/mol. The fourth-order valence-corrected chi connectivity index (χ4v) is 2.70. The second-order valence-electron chi connectivity index (χ2n) is 3.53. The number of carboxylic acid groups (broad SMARTS) is 1. The summed E-state index contributed by atoms with van der Waals surface area (Å²) in [5.74, 6) is -0.0842. The van der Waals surface area contributed by atoms with Crippen LogP contribution in [0, 0.1) is 5.82 Å². The lowest BCUT2D eigenvalue weighted by Crippen LogP contribution is -2.20. The maximum absolute atomic E-state index is 13.7. The van der Waals surface area contributed by atoms with Gasteiger partial charge in [0.25, 0.3) is 0 Å². The summed E-state index contributed by atoms with van der Waals surface area (Å²) in [4.78, 5) is 14.5. The van der Waals surface area contributed by atoms with E-state index in [4.69, 9.17) is 5.11 Å². The molecule has 16 heavy (non-hydrogen) atoms. The number of hydrogen-bond donors (Lipinski definition) is 2. The second-order valence-corrected chi connectivity index (χ2v) is 4.68. The van der Waals surface area contributed by atoms with Crippen molar-refractivity contribution in [1.82, 2.24) is 4.98 Å². The van der Waals surface area contributed by atoms with Crippen molar-refractivity contribution in [2.75, 3.05) is 16.8 Å². The Morgan fingerprint density at radius 2 is 2.50 bits per heavy atom. The Morgan fingerprint density at radius 1 is 1.69 bits per heavy atom. The maximum Gasteiger partial charge on any atom is 0.338 e. The van der Waals surface area contributed by atoms with E-state index >= 15 is 0 Å². The van der Waals surface area contributed by atoms with Gasteiger partial charge in [-0.05, 0) is 18.2 Å². The first-order chi connectivity index (χ1) is 7.68. The number of aromatic carboxylic acids is 1. The van der Waals surface area contributed by atoms with Crippen molar-refractivity contribution in [3.8, 4) is 0 Å². The normalized spacial score (nSPS) is 19.7. The van der Waals surface area contributed by atoms with Gasteiger partial charge in [0, 0.05) is 18.0 Å². The number of nitrogens with zero attached hydrogens (tertiary/aromatic N) is 1. The predicted octanol–water partition coefficient (Wildman–Crippen LogP) is 1.84. The van der Waals surface area contributed by atoms with Crippen molar-refractivity contribution >= 4 is 23.5 Å². The minimum atomic E-state index is -1.27. The molecule has 0 bridgehead atoms. The zero-order valence-electron chi connectivity index (χ0n) is 8.44. The number of rotatable bonds is 3. The fraction of sp³-hybridized carbons (Fsp3) is 0.400. The molecule has 0 saturated carbocycles. The molecule has 2 N–H and O–H groups in total. The summed E-state index contributed by atoms with van der Waals surface area (Å²) in [6.07, 6.45) is 2.25. The molecule has 1 saturated heterocycles. The maximum atomic E-state index is 13.7. The van der Waals surface area contributed by atoms with E-state index in [1.807, 2.05) is 0 Å². The molecule has 2 heterocycles. The van der Waals surface area contributed by atoms with Gasteiger partial charge < -0.3 is 10.4 Å². The van der Waals surface area contributed by atoms with Crippen molar-refractivity contribution in [2.45, 2.75) is 12.5 Å². The first-order valence-electron chi connectivity index (χ1n) is 4.90. The molecule has 0 radical (unpaired) electrons. The van der Waals surface area contributed by atoms with E-state index in [2.05, 4.69) is 10.3 Å². The minimum Gasteiger partial charge on any atom is -0.478 e. The van der Waals surface area contributed by atoms with Crippen LogP contribution in [0.5, 0.6) is 0 Å². The van der Waals surface area contributed by atoms with Gasteiger partial charge in [-0.3, -0.25) is 0 Å². The first-order valence-corrected chi connectivity index (χ1v) is 6.06. The van der Waals surface area contributed by atoms with Crippen LogP contribution in [0.1, 0.15) is 16.8 Å². The number of anilines is 1. The molecule has 1 unspecified atom stereocenters. The van der Waals surface area contributed by atoms with Crippen LogP contribution in [0.4, 0.5) is 10.2 Å². The predicted molar refractivity (Wildman–Crippen MR) is 60.5 cm³/mol. The molecule has 6 heteroatoms. The quantitative estimate of drug-likeness (QED) is 0.846. The van der Waals surface area contributed by atoms with Gasteiger partial charge in [-0.1, -0.05) is 0 Å². The lowest BCUT2D eigenvalue weighted by Gasteiger charge is -2.12. The summed E-state index contributed by atoms with van der Waals surface area (Å²) < 4.78 is 13.7. The summed E-state index contributed by atoms with van der Waals surface area (Å²) >= 11 is 1.79. The van der Waals surface area contributed by atoms with Crippen molar-refractivity contribution < 1.29 is 14.3 Å². The summed E-state index contributed by atoms with van der Waals surface area (Å²) in [5, 5.41) is 11.7. The Hall–Kier alpha value is -1.30. The molecule has 0 amide bonds. The van der Waals surface area contributed by atoms with Gasteiger partial charge >= 0.3 is 5.97 Å². The number of aromatic nitrogens is 1. The minimum absolute atomic E-state index is 0.0346. The van der Waals surface area contributed by atoms with Crippen molar-refractivity contribution in [3.63, 3.8) is 0 Å². The van der Waals surface area contributed by atoms with E-state index in [1.54, 1.807) is 11.8 Å². The summed E-state index contributed by atoms with van der Waals surface area (Å²) in [6, 6.07) is 1.34. The number of hydrogen-bond acceptors (Lipinski definition) is 4. The average Bonchev–Trinajstić information content (AvgIpc) is 2.73. The zero-order valence-corrected chi connectivity index (χ0v) is 9.26. The van der Waals surface area contributed by atoms with E-state index in [-0.39, 0.29) is 17.4 Å². The molecule has 4 nitrogen and oxygen atoms in total. The van der Waals surface area contributed by atoms with Crippen LogP contribution in [0.3, 0.4) is 0 Å². The molecule has 0 aliphatic carbocycles. The molecule has 0 spiro atoms. The van der Waals surface area contributed by atoms with Gasteiger partial charge in [0.2, 0.25) is 0 Å². The van der Waals surface area contributed by atoms with E-state index in [0.717, 1.165) is 24.0 Å². The molecular formula is C10H11FN2O2S. The van der Waals surface area contributed by atoms with Gasteiger partial charge in [-0.15, -0.1) is 0 Å². The third-order valence-corrected chi connectivity index (χ3v) is 3.55. The molecule has 1 aromatic rings. The Bertz CT molecular complexity index is 408. The third-order valence-electron chi connectivity index (χ3n) is 2.39. The molecule has 0 aromatic carbocycles. The number of halogens is 1. The summed E-state index contributed by atoms with van der Waals surface area (Å²) in [6.45, 7) is 0. The van der Waals surface area contributed by atoms with Gasteiger partial charge in [-0.25, -0.2) is 14.2 Å². The molecule has 1 atom stereocenters. The molecule has 1 aliphatic rings. The highest BCUT2D eigenvalue weighted by molar-refractivity contribution is 7.99. The zero-order chi connectivity index (χ0) is 11.5. The van der Waals surface area contributed by atoms with Crippen molar-refractivity contribution in [2.24, 2.45) is 0 Å². The van der Waals surface area contributed by atoms with Crippen molar-refractivity contribution in [1.29, 1.82) is 0 Å². The number of pyridine rings is 1. The van der Waals surface area contributed by atoms with Crippen molar-refractivity contribution in [3.05, 3.63) is 23.6 Å². The highest BCUT2D eigenvalue weighted by atomic mass is 32.2. The Balaban J connectivity index is 2.20. The van der Waals surface area contributed by atoms with E-state index in [1.165, 1.54) is 6.20 Å². The smallest absolute Gasteiger partial charge is 0.338 e. The third kappa shape index (κ3) is 2.27. The Labute approximate surface area is 96.3 Å². The number of carboxylic acids is 1. The van der Waals surface area contributed by atoms with Crippen LogP contribution < -0.4 is 5.32 Å². The topological polar surface area (TPSA) is 62.2 Å². The number of nitrogens with one attached hydrogen (secondary N) is 1. The second kappa shape index (κ2) is 4.69. The van der Waals surface area contributed by atoms with Crippen LogP contribution in [-0.4, -0.2) is 33.6 Å². The van der Waals surface area contributed by atoms with Crippen LogP contribution in [0.15, 0.2) is 12.3 Å². The highest BCUT2D eigenvalue weighted by Crippen LogP contribution is 2.22. The Morgan fingerprint density at radius 3 is 3.12 bits per heavy atom. The van der Waals surface area contributed by atoms with Crippen LogP contribution in [0.25, 0.3) is 0 Å². The molecule has 86 valence electrons. The standard InChI is InChI=1S/C10H11FN2O2S/c11-8-7(10(14)15)1-3-12-9(8)13-6-2-4-16-5-6/h1,3,6H,2,4-5H2,(H,12,13)(H,14,15). The lowest BCUT2D eigenvalue weighted by atomic mass is 10.2. The van der Waals surface area contributed by atoms with E-state index in [0.29, 0.717) is 0 Å². The summed E-state index contributed by atoms with van der Waals surface area (Å²) in [5.41, 5.74) is -0.344. The van der Waals surface area contributed by atoms with E-state index < -0.39 is 11.8 Å². The molecule has 2 rings (SSSR count). The van der Waals surface area contributed by atoms with Gasteiger partial charge in [0.15, 0.2) is 11.6 Å². The highest BCUT2D eigenvalue weighted by Gasteiger charge is 2.20. The fourth-order valence-electron chi connectivity index (χ4n) is 1.55. The first kappa shape index (κ1) is 11.2. The van der Waals surface area contributed by atoms with Gasteiger partial charge in [0.1, 0.15) is 5.56 Å². The molecule has 1 aromatic heterocycles. The van der Waals surface area contributed by atoms with Crippen LogP contribution in [0.2, 0.25) is 0 Å².